The lowest BCUT2D eigenvalue weighted by Crippen LogP contribution is -2.29. The maximum absolute atomic E-state index is 12.8. The summed E-state index contributed by atoms with van der Waals surface area (Å²) in [5, 5.41) is 0. The van der Waals surface area contributed by atoms with Crippen molar-refractivity contribution < 1.29 is 8.78 Å². The molecular weight excluding hydrogens is 146 g/mol. The van der Waals surface area contributed by atoms with Gasteiger partial charge in [0.05, 0.1) is 0 Å². The fourth-order valence-electron chi connectivity index (χ4n) is 2.64. The van der Waals surface area contributed by atoms with Crippen LogP contribution in [0, 0.1) is 11.8 Å². The largest absolute Gasteiger partial charge is 0.248 e. The lowest BCUT2D eigenvalue weighted by atomic mass is 9.80. The molecule has 2 rings (SSSR count). The van der Waals surface area contributed by atoms with E-state index in [9.17, 15) is 8.78 Å². The van der Waals surface area contributed by atoms with Crippen LogP contribution in [-0.2, 0) is 0 Å². The van der Waals surface area contributed by atoms with Gasteiger partial charge in [0.1, 0.15) is 0 Å². The summed E-state index contributed by atoms with van der Waals surface area (Å²) in [6.07, 6.45) is 4.55. The van der Waals surface area contributed by atoms with Crippen LogP contribution in [0.15, 0.2) is 0 Å². The molecule has 0 spiro atoms. The first-order chi connectivity index (χ1) is 5.17. The van der Waals surface area contributed by atoms with Crippen molar-refractivity contribution in [3.05, 3.63) is 0 Å². The van der Waals surface area contributed by atoms with Crippen molar-refractivity contribution >= 4 is 0 Å². The van der Waals surface area contributed by atoms with E-state index in [1.54, 1.807) is 0 Å². The molecule has 2 unspecified atom stereocenters. The molecule has 0 radical (unpaired) electrons. The third-order valence-electron chi connectivity index (χ3n) is 3.26. The topological polar surface area (TPSA) is 0 Å². The van der Waals surface area contributed by atoms with E-state index < -0.39 is 5.92 Å². The highest BCUT2D eigenvalue weighted by molar-refractivity contribution is 4.87. The summed E-state index contributed by atoms with van der Waals surface area (Å²) in [7, 11) is 0. The highest BCUT2D eigenvalue weighted by Gasteiger charge is 2.42. The molecule has 0 bridgehead atoms. The van der Waals surface area contributed by atoms with E-state index in [1.807, 2.05) is 0 Å². The Bertz CT molecular complexity index is 154. The van der Waals surface area contributed by atoms with E-state index in [1.165, 1.54) is 12.8 Å². The summed E-state index contributed by atoms with van der Waals surface area (Å²) in [5.74, 6) is -1.32. The van der Waals surface area contributed by atoms with Crippen LogP contribution < -0.4 is 0 Å². The van der Waals surface area contributed by atoms with Crippen LogP contribution in [0.25, 0.3) is 0 Å². The van der Waals surface area contributed by atoms with Crippen molar-refractivity contribution in [2.24, 2.45) is 11.8 Å². The second-order valence-electron chi connectivity index (χ2n) is 4.05. The minimum Gasteiger partial charge on any atom is -0.207 e. The Kier molecular flexibility index (Phi) is 1.66. The van der Waals surface area contributed by atoms with Crippen LogP contribution in [0.1, 0.15) is 38.5 Å². The number of fused-ring (bicyclic) bond motifs is 1. The van der Waals surface area contributed by atoms with Gasteiger partial charge in [0.25, 0.3) is 0 Å². The summed E-state index contributed by atoms with van der Waals surface area (Å²) in [6.45, 7) is 0. The van der Waals surface area contributed by atoms with Gasteiger partial charge < -0.3 is 0 Å². The Hall–Kier alpha value is -0.140. The summed E-state index contributed by atoms with van der Waals surface area (Å²) in [5.41, 5.74) is 0. The third-order valence-corrected chi connectivity index (χ3v) is 3.26. The van der Waals surface area contributed by atoms with Crippen molar-refractivity contribution in [1.29, 1.82) is 0 Å². The van der Waals surface area contributed by atoms with E-state index in [0.717, 1.165) is 12.8 Å². The number of alkyl halides is 2. The van der Waals surface area contributed by atoms with Gasteiger partial charge in [-0.2, -0.15) is 0 Å². The first-order valence-corrected chi connectivity index (χ1v) is 4.55. The van der Waals surface area contributed by atoms with Gasteiger partial charge in [-0.05, 0) is 24.7 Å². The molecule has 0 aromatic heterocycles. The first-order valence-electron chi connectivity index (χ1n) is 4.55. The summed E-state index contributed by atoms with van der Waals surface area (Å²) < 4.78 is 25.7. The molecule has 0 aromatic rings. The van der Waals surface area contributed by atoms with Crippen LogP contribution in [0.5, 0.6) is 0 Å². The van der Waals surface area contributed by atoms with Crippen molar-refractivity contribution in [2.75, 3.05) is 0 Å². The van der Waals surface area contributed by atoms with E-state index in [4.69, 9.17) is 0 Å². The zero-order chi connectivity index (χ0) is 7.90. The highest BCUT2D eigenvalue weighted by Crippen LogP contribution is 2.47. The fourth-order valence-corrected chi connectivity index (χ4v) is 2.64. The van der Waals surface area contributed by atoms with Gasteiger partial charge >= 0.3 is 0 Å². The van der Waals surface area contributed by atoms with Gasteiger partial charge in [-0.15, -0.1) is 0 Å². The summed E-state index contributed by atoms with van der Waals surface area (Å²) in [6, 6.07) is 0. The minimum atomic E-state index is -2.33. The van der Waals surface area contributed by atoms with Crippen LogP contribution in [0.4, 0.5) is 8.78 Å². The number of hydrogen-bond acceptors (Lipinski definition) is 0. The average molecular weight is 160 g/mol. The number of halogens is 2. The monoisotopic (exact) mass is 160 g/mol. The molecule has 2 saturated carbocycles. The molecule has 0 N–H and O–H groups in total. The van der Waals surface area contributed by atoms with Crippen molar-refractivity contribution in [1.82, 2.24) is 0 Å². The molecule has 2 aliphatic carbocycles. The zero-order valence-corrected chi connectivity index (χ0v) is 6.65. The highest BCUT2D eigenvalue weighted by atomic mass is 19.3. The van der Waals surface area contributed by atoms with Crippen LogP contribution in [0.2, 0.25) is 0 Å². The lowest BCUT2D eigenvalue weighted by molar-refractivity contribution is -0.0634. The van der Waals surface area contributed by atoms with E-state index in [-0.39, 0.29) is 12.8 Å². The maximum Gasteiger partial charge on any atom is 0.248 e. The van der Waals surface area contributed by atoms with Gasteiger partial charge in [0.15, 0.2) is 0 Å². The standard InChI is InChI=1S/C9H14F2/c10-9(11)5-4-7-2-1-3-8(7)6-9/h7-8H,1-6H2. The molecule has 0 heterocycles. The molecule has 0 nitrogen and oxygen atoms in total. The molecule has 0 amide bonds. The second kappa shape index (κ2) is 2.43. The molecule has 11 heavy (non-hydrogen) atoms. The fraction of sp³-hybridized carbons (Fsp3) is 1.00. The maximum atomic E-state index is 12.8. The Morgan fingerprint density at radius 3 is 2.55 bits per heavy atom. The van der Waals surface area contributed by atoms with Crippen molar-refractivity contribution in [3.63, 3.8) is 0 Å². The number of hydrogen-bond donors (Lipinski definition) is 0. The Labute approximate surface area is 66.0 Å². The van der Waals surface area contributed by atoms with Crippen molar-refractivity contribution in [2.45, 2.75) is 44.4 Å². The third kappa shape index (κ3) is 1.40. The van der Waals surface area contributed by atoms with E-state index >= 15 is 0 Å². The Morgan fingerprint density at radius 1 is 1.00 bits per heavy atom. The molecule has 0 saturated heterocycles. The van der Waals surface area contributed by atoms with Gasteiger partial charge in [0, 0.05) is 12.8 Å². The van der Waals surface area contributed by atoms with Crippen LogP contribution in [-0.4, -0.2) is 5.92 Å². The lowest BCUT2D eigenvalue weighted by Gasteiger charge is -2.31. The first kappa shape index (κ1) is 7.51. The van der Waals surface area contributed by atoms with Crippen LogP contribution in [0.3, 0.4) is 0 Å². The SMILES string of the molecule is FC1(F)CCC2CCCC2C1. The normalized spacial score (nSPS) is 42.0. The second-order valence-corrected chi connectivity index (χ2v) is 4.05. The van der Waals surface area contributed by atoms with Gasteiger partial charge in [-0.3, -0.25) is 0 Å². The summed E-state index contributed by atoms with van der Waals surface area (Å²) in [4.78, 5) is 0. The van der Waals surface area contributed by atoms with E-state index in [0.29, 0.717) is 11.8 Å². The van der Waals surface area contributed by atoms with Gasteiger partial charge in [0.2, 0.25) is 5.92 Å². The predicted molar refractivity (Wildman–Crippen MR) is 39.6 cm³/mol. The smallest absolute Gasteiger partial charge is 0.207 e. The molecule has 2 heteroatoms. The molecule has 2 atom stereocenters. The zero-order valence-electron chi connectivity index (χ0n) is 6.65. The van der Waals surface area contributed by atoms with Crippen LogP contribution >= 0.6 is 0 Å². The van der Waals surface area contributed by atoms with Crippen molar-refractivity contribution in [3.8, 4) is 0 Å². The molecular formula is C9H14F2. The number of rotatable bonds is 0. The average Bonchev–Trinajstić information content (AvgIpc) is 2.31. The molecule has 0 aliphatic heterocycles. The Morgan fingerprint density at radius 2 is 1.73 bits per heavy atom. The Balaban J connectivity index is 2.02. The summed E-state index contributed by atoms with van der Waals surface area (Å²) >= 11 is 0. The molecule has 0 aromatic carbocycles. The quantitative estimate of drug-likeness (QED) is 0.510. The van der Waals surface area contributed by atoms with Gasteiger partial charge in [-0.1, -0.05) is 12.8 Å². The predicted octanol–water partition coefficient (Wildman–Crippen LogP) is 3.22. The van der Waals surface area contributed by atoms with E-state index in [2.05, 4.69) is 0 Å². The van der Waals surface area contributed by atoms with Gasteiger partial charge in [-0.25, -0.2) is 8.78 Å². The molecule has 2 fully saturated rings. The molecule has 2 aliphatic rings. The minimum absolute atomic E-state index is 0.147. The molecule has 64 valence electrons.